The molecule has 0 spiro atoms. The Morgan fingerprint density at radius 2 is 2.19 bits per heavy atom. The fourth-order valence-electron chi connectivity index (χ4n) is 2.25. The molecule has 0 bridgehead atoms. The average Bonchev–Trinajstić information content (AvgIpc) is 3.00. The van der Waals surface area contributed by atoms with Crippen molar-refractivity contribution in [1.82, 2.24) is 20.0 Å². The summed E-state index contributed by atoms with van der Waals surface area (Å²) in [7, 11) is 0. The summed E-state index contributed by atoms with van der Waals surface area (Å²) in [6.45, 7) is 6.25. The molecule has 0 unspecified atom stereocenters. The Hall–Kier alpha value is -1.82. The van der Waals surface area contributed by atoms with Crippen molar-refractivity contribution in [1.29, 1.82) is 0 Å². The van der Waals surface area contributed by atoms with E-state index in [0.717, 1.165) is 18.5 Å². The number of anilines is 1. The number of aromatic nitrogens is 4. The van der Waals surface area contributed by atoms with Gasteiger partial charge in [-0.3, -0.25) is 14.6 Å². The van der Waals surface area contributed by atoms with Gasteiger partial charge < -0.3 is 5.32 Å². The van der Waals surface area contributed by atoms with E-state index in [9.17, 15) is 4.79 Å². The van der Waals surface area contributed by atoms with Crippen LogP contribution in [0.3, 0.4) is 0 Å². The number of nitrogens with zero attached hydrogens (tertiary/aromatic N) is 3. The van der Waals surface area contributed by atoms with Crippen LogP contribution in [0.15, 0.2) is 12.3 Å². The molecule has 1 aliphatic rings. The molecule has 0 atom stereocenters. The fraction of sp³-hybridized carbons (Fsp3) is 0.500. The van der Waals surface area contributed by atoms with Crippen LogP contribution in [0.2, 0.25) is 5.02 Å². The fourth-order valence-corrected chi connectivity index (χ4v) is 2.39. The molecule has 0 radical (unpaired) electrons. The number of nitrogens with one attached hydrogen (secondary N) is 2. The summed E-state index contributed by atoms with van der Waals surface area (Å²) in [6, 6.07) is 1.88. The first-order chi connectivity index (χ1) is 9.86. The summed E-state index contributed by atoms with van der Waals surface area (Å²) in [5.74, 6) is 0.625. The Balaban J connectivity index is 1.88. The summed E-state index contributed by atoms with van der Waals surface area (Å²) in [6.07, 6.45) is 3.77. The summed E-state index contributed by atoms with van der Waals surface area (Å²) in [5, 5.41) is 14.0. The molecule has 2 N–H and O–H groups in total. The van der Waals surface area contributed by atoms with Gasteiger partial charge in [0.2, 0.25) is 0 Å². The van der Waals surface area contributed by atoms with Crippen LogP contribution >= 0.6 is 11.6 Å². The Bertz CT molecular complexity index is 678. The standard InChI is InChI=1S/C14H18ClN5O/c1-14(2,3)20-11(8-4-5-8)6-10(19-20)13(21)17-12-9(15)7-16-18-12/h6-8H,4-5H2,1-3H3,(H2,16,17,18,21). The van der Waals surface area contributed by atoms with Gasteiger partial charge in [0.05, 0.1) is 11.7 Å². The highest BCUT2D eigenvalue weighted by molar-refractivity contribution is 6.33. The molecule has 1 aliphatic carbocycles. The second-order valence-electron chi connectivity index (χ2n) is 6.36. The van der Waals surface area contributed by atoms with Crippen LogP contribution in [0.25, 0.3) is 0 Å². The van der Waals surface area contributed by atoms with Crippen molar-refractivity contribution in [2.45, 2.75) is 45.1 Å². The number of carbonyl (C=O) groups excluding carboxylic acids is 1. The summed E-state index contributed by atoms with van der Waals surface area (Å²) in [4.78, 5) is 12.3. The van der Waals surface area contributed by atoms with Crippen LogP contribution in [-0.4, -0.2) is 25.9 Å². The Morgan fingerprint density at radius 1 is 1.48 bits per heavy atom. The van der Waals surface area contributed by atoms with E-state index in [2.05, 4.69) is 41.4 Å². The molecule has 0 saturated heterocycles. The first-order valence-corrected chi connectivity index (χ1v) is 7.34. The van der Waals surface area contributed by atoms with Crippen molar-refractivity contribution < 1.29 is 4.79 Å². The van der Waals surface area contributed by atoms with Gasteiger partial charge in [0.1, 0.15) is 10.8 Å². The van der Waals surface area contributed by atoms with E-state index < -0.39 is 0 Å². The summed E-state index contributed by atoms with van der Waals surface area (Å²) >= 11 is 5.91. The zero-order chi connectivity index (χ0) is 15.2. The van der Waals surface area contributed by atoms with Gasteiger partial charge in [-0.25, -0.2) is 0 Å². The second-order valence-corrected chi connectivity index (χ2v) is 6.77. The topological polar surface area (TPSA) is 75.6 Å². The van der Waals surface area contributed by atoms with Crippen molar-refractivity contribution in [2.24, 2.45) is 0 Å². The third kappa shape index (κ3) is 2.81. The van der Waals surface area contributed by atoms with Gasteiger partial charge in [0.15, 0.2) is 5.69 Å². The monoisotopic (exact) mass is 307 g/mol. The smallest absolute Gasteiger partial charge is 0.277 e. The van der Waals surface area contributed by atoms with Crippen molar-refractivity contribution >= 4 is 23.3 Å². The third-order valence-electron chi connectivity index (χ3n) is 3.43. The molecule has 6 nitrogen and oxygen atoms in total. The molecular formula is C14H18ClN5O. The quantitative estimate of drug-likeness (QED) is 0.914. The minimum atomic E-state index is -0.286. The molecule has 21 heavy (non-hydrogen) atoms. The van der Waals surface area contributed by atoms with Crippen LogP contribution < -0.4 is 5.32 Å². The zero-order valence-electron chi connectivity index (χ0n) is 12.3. The molecule has 1 saturated carbocycles. The maximum Gasteiger partial charge on any atom is 0.277 e. The number of rotatable bonds is 3. The minimum Gasteiger partial charge on any atom is -0.304 e. The lowest BCUT2D eigenvalue weighted by atomic mass is 10.1. The molecule has 3 rings (SSSR count). The Morgan fingerprint density at radius 3 is 2.71 bits per heavy atom. The van der Waals surface area contributed by atoms with Crippen LogP contribution in [-0.2, 0) is 5.54 Å². The van der Waals surface area contributed by atoms with Crippen LogP contribution in [0.5, 0.6) is 0 Å². The molecule has 1 fully saturated rings. The number of carbonyl (C=O) groups is 1. The lowest BCUT2D eigenvalue weighted by molar-refractivity contribution is 0.102. The predicted molar refractivity (Wildman–Crippen MR) is 80.7 cm³/mol. The average molecular weight is 308 g/mol. The summed E-state index contributed by atoms with van der Waals surface area (Å²) < 4.78 is 1.95. The van der Waals surface area contributed by atoms with Gasteiger partial charge >= 0.3 is 0 Å². The Kier molecular flexibility index (Phi) is 3.28. The molecular weight excluding hydrogens is 290 g/mol. The molecule has 2 heterocycles. The number of hydrogen-bond donors (Lipinski definition) is 2. The van der Waals surface area contributed by atoms with E-state index in [-0.39, 0.29) is 11.4 Å². The number of hydrogen-bond acceptors (Lipinski definition) is 3. The molecule has 2 aromatic heterocycles. The largest absolute Gasteiger partial charge is 0.304 e. The van der Waals surface area contributed by atoms with E-state index in [4.69, 9.17) is 11.6 Å². The van der Waals surface area contributed by atoms with Gasteiger partial charge in [-0.05, 0) is 39.7 Å². The zero-order valence-corrected chi connectivity index (χ0v) is 13.0. The lowest BCUT2D eigenvalue weighted by Gasteiger charge is -2.22. The van der Waals surface area contributed by atoms with E-state index in [0.29, 0.717) is 22.5 Å². The van der Waals surface area contributed by atoms with E-state index >= 15 is 0 Å². The highest BCUT2D eigenvalue weighted by Crippen LogP contribution is 2.41. The Labute approximate surface area is 127 Å². The molecule has 2 aromatic rings. The predicted octanol–water partition coefficient (Wildman–Crippen LogP) is 3.14. The second kappa shape index (κ2) is 4.87. The first-order valence-electron chi connectivity index (χ1n) is 6.97. The minimum absolute atomic E-state index is 0.151. The van der Waals surface area contributed by atoms with E-state index in [1.165, 1.54) is 6.20 Å². The van der Waals surface area contributed by atoms with E-state index in [1.807, 2.05) is 10.7 Å². The van der Waals surface area contributed by atoms with Gasteiger partial charge in [0, 0.05) is 11.6 Å². The van der Waals surface area contributed by atoms with Gasteiger partial charge in [-0.15, -0.1) is 0 Å². The van der Waals surface area contributed by atoms with Crippen molar-refractivity contribution in [3.05, 3.63) is 28.7 Å². The van der Waals surface area contributed by atoms with Crippen molar-refractivity contribution in [3.8, 4) is 0 Å². The van der Waals surface area contributed by atoms with Crippen LogP contribution in [0, 0.1) is 0 Å². The van der Waals surface area contributed by atoms with Crippen molar-refractivity contribution in [3.63, 3.8) is 0 Å². The highest BCUT2D eigenvalue weighted by atomic mass is 35.5. The third-order valence-corrected chi connectivity index (χ3v) is 3.72. The molecule has 0 aromatic carbocycles. The number of H-pyrrole nitrogens is 1. The van der Waals surface area contributed by atoms with E-state index in [1.54, 1.807) is 0 Å². The van der Waals surface area contributed by atoms with Crippen molar-refractivity contribution in [2.75, 3.05) is 5.32 Å². The molecule has 112 valence electrons. The molecule has 0 aliphatic heterocycles. The number of aromatic amines is 1. The van der Waals surface area contributed by atoms with Crippen LogP contribution in [0.4, 0.5) is 5.82 Å². The normalized spacial score (nSPS) is 15.2. The van der Waals surface area contributed by atoms with Crippen LogP contribution in [0.1, 0.15) is 55.7 Å². The summed E-state index contributed by atoms with van der Waals surface area (Å²) in [5.41, 5.74) is 1.38. The number of halogens is 1. The highest BCUT2D eigenvalue weighted by Gasteiger charge is 2.32. The maximum absolute atomic E-state index is 12.3. The molecule has 1 amide bonds. The number of amides is 1. The first kappa shape index (κ1) is 14.1. The maximum atomic E-state index is 12.3. The van der Waals surface area contributed by atoms with Gasteiger partial charge in [0.25, 0.3) is 5.91 Å². The van der Waals surface area contributed by atoms with Gasteiger partial charge in [-0.1, -0.05) is 11.6 Å². The SMILES string of the molecule is CC(C)(C)n1nc(C(=O)Nc2[nH]ncc2Cl)cc1C1CC1. The van der Waals surface area contributed by atoms with Gasteiger partial charge in [-0.2, -0.15) is 10.2 Å². The molecule has 7 heteroatoms. The lowest BCUT2D eigenvalue weighted by Crippen LogP contribution is -2.25.